The highest BCUT2D eigenvalue weighted by Gasteiger charge is 2.30. The molecule has 9 nitrogen and oxygen atoms in total. The van der Waals surface area contributed by atoms with Gasteiger partial charge in [0.15, 0.2) is 11.2 Å². The van der Waals surface area contributed by atoms with Crippen LogP contribution in [0, 0.1) is 0 Å². The predicted octanol–water partition coefficient (Wildman–Crippen LogP) is 0.876. The van der Waals surface area contributed by atoms with E-state index in [1.807, 2.05) is 25.3 Å². The number of hydrogen-bond acceptors (Lipinski definition) is 6. The van der Waals surface area contributed by atoms with Gasteiger partial charge >= 0.3 is 5.69 Å². The highest BCUT2D eigenvalue weighted by atomic mass is 16.5. The Morgan fingerprint density at radius 3 is 2.73 bits per heavy atom. The first-order valence-electron chi connectivity index (χ1n) is 8.65. The van der Waals surface area contributed by atoms with Crippen LogP contribution in [0.2, 0.25) is 0 Å². The first-order valence-corrected chi connectivity index (χ1v) is 8.65. The molecule has 0 aromatic carbocycles. The number of ether oxygens (including phenoxy) is 1. The van der Waals surface area contributed by atoms with E-state index in [1.165, 1.54) is 15.2 Å². The third-order valence-corrected chi connectivity index (χ3v) is 4.62. The number of imidazole rings is 1. The van der Waals surface area contributed by atoms with Crippen molar-refractivity contribution >= 4 is 22.8 Å². The highest BCUT2D eigenvalue weighted by molar-refractivity contribution is 5.91. The Balaban J connectivity index is 2.27. The largest absolute Gasteiger partial charge is 0.380 e. The van der Waals surface area contributed by atoms with Crippen molar-refractivity contribution in [3.63, 3.8) is 0 Å². The van der Waals surface area contributed by atoms with Gasteiger partial charge in [-0.2, -0.15) is 10.1 Å². The number of aromatic nitrogens is 4. The van der Waals surface area contributed by atoms with Crippen LogP contribution >= 0.6 is 0 Å². The lowest BCUT2D eigenvalue weighted by atomic mass is 10.2. The van der Waals surface area contributed by atoms with Crippen LogP contribution in [0.4, 0.5) is 5.95 Å². The quantitative estimate of drug-likeness (QED) is 0.564. The van der Waals surface area contributed by atoms with E-state index in [4.69, 9.17) is 4.74 Å². The van der Waals surface area contributed by atoms with Crippen molar-refractivity contribution in [2.45, 2.75) is 33.4 Å². The summed E-state index contributed by atoms with van der Waals surface area (Å²) in [6.07, 6.45) is 1.53. The molecule has 0 saturated carbocycles. The molecule has 0 aliphatic carbocycles. The maximum Gasteiger partial charge on any atom is 0.332 e. The zero-order valence-electron chi connectivity index (χ0n) is 15.6. The molecule has 0 amide bonds. The molecule has 1 aliphatic rings. The number of hydrazone groups is 1. The summed E-state index contributed by atoms with van der Waals surface area (Å²) in [4.78, 5) is 30.1. The molecule has 0 unspecified atom stereocenters. The van der Waals surface area contributed by atoms with Crippen LogP contribution in [-0.2, 0) is 18.3 Å². The number of allylic oxidation sites excluding steroid dienone is 1. The monoisotopic (exact) mass is 360 g/mol. The summed E-state index contributed by atoms with van der Waals surface area (Å²) >= 11 is 0. The van der Waals surface area contributed by atoms with E-state index in [1.54, 1.807) is 12.1 Å². The van der Waals surface area contributed by atoms with Gasteiger partial charge in [-0.05, 0) is 20.8 Å². The third kappa shape index (κ3) is 2.68. The van der Waals surface area contributed by atoms with Crippen molar-refractivity contribution in [2.75, 3.05) is 24.8 Å². The van der Waals surface area contributed by atoms with Gasteiger partial charge in [-0.3, -0.25) is 18.5 Å². The topological polar surface area (TPSA) is 86.7 Å². The van der Waals surface area contributed by atoms with Crippen LogP contribution in [0.5, 0.6) is 0 Å². The van der Waals surface area contributed by atoms with Crippen molar-refractivity contribution in [1.29, 1.82) is 0 Å². The zero-order chi connectivity index (χ0) is 19.0. The van der Waals surface area contributed by atoms with Crippen LogP contribution in [-0.4, -0.2) is 44.2 Å². The first kappa shape index (κ1) is 18.1. The van der Waals surface area contributed by atoms with E-state index < -0.39 is 5.69 Å². The van der Waals surface area contributed by atoms with E-state index >= 15 is 0 Å². The molecule has 0 bridgehead atoms. The minimum Gasteiger partial charge on any atom is -0.380 e. The van der Waals surface area contributed by atoms with Crippen molar-refractivity contribution in [2.24, 2.45) is 12.1 Å². The molecule has 0 spiro atoms. The van der Waals surface area contributed by atoms with Gasteiger partial charge in [0.2, 0.25) is 5.95 Å². The third-order valence-electron chi connectivity index (χ3n) is 4.62. The fourth-order valence-corrected chi connectivity index (χ4v) is 3.12. The van der Waals surface area contributed by atoms with Gasteiger partial charge in [0.05, 0.1) is 24.9 Å². The SMILES string of the molecule is C=CCn1c(=O)c2c(nc3n2[C@H](C)C(C)=NN3CCOCC)n(C)c1=O. The molecule has 0 fully saturated rings. The molecule has 3 rings (SSSR count). The molecule has 9 heteroatoms. The summed E-state index contributed by atoms with van der Waals surface area (Å²) in [5.41, 5.74) is 0.828. The molecule has 2 aromatic heterocycles. The molecule has 1 aliphatic heterocycles. The second-order valence-electron chi connectivity index (χ2n) is 6.24. The average molecular weight is 360 g/mol. The van der Waals surface area contributed by atoms with Gasteiger partial charge in [0.1, 0.15) is 0 Å². The van der Waals surface area contributed by atoms with Crippen molar-refractivity contribution in [3.05, 3.63) is 33.5 Å². The molecule has 26 heavy (non-hydrogen) atoms. The molecule has 1 atom stereocenters. The van der Waals surface area contributed by atoms with Gasteiger partial charge in [-0.25, -0.2) is 9.80 Å². The average Bonchev–Trinajstić information content (AvgIpc) is 3.02. The predicted molar refractivity (Wildman–Crippen MR) is 101 cm³/mol. The molecule has 0 N–H and O–H groups in total. The van der Waals surface area contributed by atoms with E-state index in [0.717, 1.165) is 5.71 Å². The van der Waals surface area contributed by atoms with Gasteiger partial charge in [0, 0.05) is 20.2 Å². The summed E-state index contributed by atoms with van der Waals surface area (Å²) in [5.74, 6) is 0.543. The normalized spacial score (nSPS) is 16.7. The fraction of sp³-hybridized carbons (Fsp3) is 0.529. The molecule has 3 heterocycles. The van der Waals surface area contributed by atoms with Gasteiger partial charge in [-0.1, -0.05) is 6.08 Å². The summed E-state index contributed by atoms with van der Waals surface area (Å²) in [5, 5.41) is 6.32. The Morgan fingerprint density at radius 2 is 2.08 bits per heavy atom. The van der Waals surface area contributed by atoms with Crippen molar-refractivity contribution in [1.82, 2.24) is 18.7 Å². The Bertz CT molecular complexity index is 997. The minimum absolute atomic E-state index is 0.138. The molecule has 0 radical (unpaired) electrons. The van der Waals surface area contributed by atoms with Crippen LogP contribution in [0.25, 0.3) is 11.2 Å². The standard InChI is InChI=1S/C17H24N6O3/c1-6-8-21-15(24)13-14(20(5)17(21)25)18-16-22(9-10-26-7-2)19-11(3)12(4)23(13)16/h6,12H,1,7-10H2,2-5H3/t12-/m1/s1. The highest BCUT2D eigenvalue weighted by Crippen LogP contribution is 2.29. The lowest BCUT2D eigenvalue weighted by Gasteiger charge is -2.29. The van der Waals surface area contributed by atoms with E-state index in [0.29, 0.717) is 36.9 Å². The van der Waals surface area contributed by atoms with Gasteiger partial charge in [-0.15, -0.1) is 6.58 Å². The number of fused-ring (bicyclic) bond motifs is 3. The fourth-order valence-electron chi connectivity index (χ4n) is 3.12. The van der Waals surface area contributed by atoms with Crippen molar-refractivity contribution in [3.8, 4) is 0 Å². The van der Waals surface area contributed by atoms with Crippen LogP contribution in [0.15, 0.2) is 27.3 Å². The number of hydrogen-bond donors (Lipinski definition) is 0. The number of rotatable bonds is 6. The van der Waals surface area contributed by atoms with Crippen LogP contribution in [0.1, 0.15) is 26.8 Å². The van der Waals surface area contributed by atoms with Gasteiger partial charge in [0.25, 0.3) is 5.56 Å². The maximum atomic E-state index is 13.0. The molecule has 0 saturated heterocycles. The first-order chi connectivity index (χ1) is 12.4. The molecule has 140 valence electrons. The summed E-state index contributed by atoms with van der Waals surface area (Å²) < 4.78 is 9.84. The number of nitrogens with zero attached hydrogens (tertiary/aromatic N) is 6. The molecular weight excluding hydrogens is 336 g/mol. The Hall–Kier alpha value is -2.68. The Morgan fingerprint density at radius 1 is 1.35 bits per heavy atom. The smallest absolute Gasteiger partial charge is 0.332 e. The summed E-state index contributed by atoms with van der Waals surface area (Å²) in [6.45, 7) is 11.2. The zero-order valence-corrected chi connectivity index (χ0v) is 15.6. The second-order valence-corrected chi connectivity index (χ2v) is 6.24. The lowest BCUT2D eigenvalue weighted by Crippen LogP contribution is -2.40. The van der Waals surface area contributed by atoms with Crippen LogP contribution in [0.3, 0.4) is 0 Å². The Kier molecular flexibility index (Phi) is 4.82. The second kappa shape index (κ2) is 6.91. The Labute approximate surface area is 150 Å². The summed E-state index contributed by atoms with van der Waals surface area (Å²) in [6, 6.07) is -0.138. The molecular formula is C17H24N6O3. The molecule has 2 aromatic rings. The number of anilines is 1. The van der Waals surface area contributed by atoms with E-state index in [-0.39, 0.29) is 18.1 Å². The maximum absolute atomic E-state index is 13.0. The van der Waals surface area contributed by atoms with Crippen molar-refractivity contribution < 1.29 is 4.74 Å². The van der Waals surface area contributed by atoms with E-state index in [2.05, 4.69) is 16.7 Å². The van der Waals surface area contributed by atoms with E-state index in [9.17, 15) is 9.59 Å². The summed E-state index contributed by atoms with van der Waals surface area (Å²) in [7, 11) is 1.62. The lowest BCUT2D eigenvalue weighted by molar-refractivity contribution is 0.153. The number of aryl methyl sites for hydroxylation is 1. The minimum atomic E-state index is -0.413. The van der Waals surface area contributed by atoms with Crippen LogP contribution < -0.4 is 16.3 Å². The van der Waals surface area contributed by atoms with Gasteiger partial charge < -0.3 is 4.74 Å².